The molecule has 0 heterocycles. The fraction of sp³-hybridized carbons (Fsp3) is 0.692. The van der Waals surface area contributed by atoms with Gasteiger partial charge in [-0.1, -0.05) is 0 Å². The molecule has 7 N–H and O–H groups in total. The normalized spacial score (nSPS) is 14.4. The number of aliphatic carboxylic acids is 1. The lowest BCUT2D eigenvalue weighted by molar-refractivity contribution is -0.141. The van der Waals surface area contributed by atoms with Gasteiger partial charge in [-0.3, -0.25) is 19.2 Å². The van der Waals surface area contributed by atoms with Gasteiger partial charge in [0.25, 0.3) is 0 Å². The SMILES string of the molecule is CSCCC(N)C(=O)NC(CCC(N)=O)C(=O)NC(C)C(=O)O. The van der Waals surface area contributed by atoms with Crippen molar-refractivity contribution < 1.29 is 24.3 Å². The lowest BCUT2D eigenvalue weighted by atomic mass is 10.1. The summed E-state index contributed by atoms with van der Waals surface area (Å²) >= 11 is 1.53. The minimum Gasteiger partial charge on any atom is -0.480 e. The second-order valence-electron chi connectivity index (χ2n) is 5.02. The standard InChI is InChI=1S/C13H24N4O5S/c1-7(13(21)22)16-12(20)9(3-4-10(15)18)17-11(19)8(14)5-6-23-2/h7-9H,3-6,14H2,1-2H3,(H2,15,18)(H,16,20)(H,17,19)(H,21,22). The number of carboxylic acid groups (broad SMARTS) is 1. The Bertz CT molecular complexity index is 446. The molecule has 3 atom stereocenters. The predicted octanol–water partition coefficient (Wildman–Crippen LogP) is -1.59. The molecule has 3 amide bonds. The number of hydrogen-bond acceptors (Lipinski definition) is 6. The molecule has 9 nitrogen and oxygen atoms in total. The topological polar surface area (TPSA) is 165 Å². The van der Waals surface area contributed by atoms with Crippen molar-refractivity contribution in [3.8, 4) is 0 Å². The Kier molecular flexibility index (Phi) is 9.99. The quantitative estimate of drug-likeness (QED) is 0.300. The second-order valence-corrected chi connectivity index (χ2v) is 6.01. The van der Waals surface area contributed by atoms with E-state index in [4.69, 9.17) is 16.6 Å². The Labute approximate surface area is 138 Å². The molecule has 0 aromatic rings. The van der Waals surface area contributed by atoms with Crippen LogP contribution in [0, 0.1) is 0 Å². The third-order valence-electron chi connectivity index (χ3n) is 3.01. The summed E-state index contributed by atoms with van der Waals surface area (Å²) in [6, 6.07) is -2.99. The Balaban J connectivity index is 4.78. The van der Waals surface area contributed by atoms with Gasteiger partial charge < -0.3 is 27.2 Å². The van der Waals surface area contributed by atoms with Crippen LogP contribution in [-0.2, 0) is 19.2 Å². The summed E-state index contributed by atoms with van der Waals surface area (Å²) in [4.78, 5) is 45.7. The van der Waals surface area contributed by atoms with Crippen LogP contribution in [0.4, 0.5) is 0 Å². The second kappa shape index (κ2) is 10.8. The van der Waals surface area contributed by atoms with E-state index in [2.05, 4.69) is 10.6 Å². The number of carbonyl (C=O) groups is 4. The predicted molar refractivity (Wildman–Crippen MR) is 86.6 cm³/mol. The van der Waals surface area contributed by atoms with E-state index in [1.165, 1.54) is 18.7 Å². The Morgan fingerprint density at radius 2 is 1.74 bits per heavy atom. The average molecular weight is 348 g/mol. The first-order chi connectivity index (χ1) is 10.7. The van der Waals surface area contributed by atoms with Gasteiger partial charge in [0, 0.05) is 6.42 Å². The molecule has 0 aliphatic carbocycles. The van der Waals surface area contributed by atoms with Crippen molar-refractivity contribution >= 4 is 35.5 Å². The van der Waals surface area contributed by atoms with Crippen molar-refractivity contribution in [3.05, 3.63) is 0 Å². The van der Waals surface area contributed by atoms with Crippen LogP contribution >= 0.6 is 11.8 Å². The van der Waals surface area contributed by atoms with Gasteiger partial charge in [0.15, 0.2) is 0 Å². The average Bonchev–Trinajstić information content (AvgIpc) is 2.47. The molecule has 0 saturated heterocycles. The zero-order chi connectivity index (χ0) is 18.0. The molecule has 0 spiro atoms. The minimum atomic E-state index is -1.21. The summed E-state index contributed by atoms with van der Waals surface area (Å²) < 4.78 is 0. The number of carbonyl (C=O) groups excluding carboxylic acids is 3. The van der Waals surface area contributed by atoms with E-state index >= 15 is 0 Å². The lowest BCUT2D eigenvalue weighted by Crippen LogP contribution is -2.54. The largest absolute Gasteiger partial charge is 0.480 e. The molecule has 0 fully saturated rings. The van der Waals surface area contributed by atoms with E-state index in [1.54, 1.807) is 0 Å². The molecule has 10 heteroatoms. The summed E-state index contributed by atoms with van der Waals surface area (Å²) in [5.74, 6) is -2.40. The van der Waals surface area contributed by atoms with Crippen LogP contribution < -0.4 is 22.1 Å². The molecule has 0 saturated carbocycles. The van der Waals surface area contributed by atoms with Crippen LogP contribution in [0.3, 0.4) is 0 Å². The highest BCUT2D eigenvalue weighted by Crippen LogP contribution is 2.02. The van der Waals surface area contributed by atoms with Gasteiger partial charge in [0.2, 0.25) is 17.7 Å². The maximum Gasteiger partial charge on any atom is 0.325 e. The third-order valence-corrected chi connectivity index (χ3v) is 3.66. The highest BCUT2D eigenvalue weighted by atomic mass is 32.2. The van der Waals surface area contributed by atoms with E-state index in [-0.39, 0.29) is 12.8 Å². The maximum atomic E-state index is 12.1. The van der Waals surface area contributed by atoms with E-state index < -0.39 is 41.8 Å². The zero-order valence-electron chi connectivity index (χ0n) is 13.2. The number of carboxylic acids is 1. The minimum absolute atomic E-state index is 0.0332. The fourth-order valence-electron chi connectivity index (χ4n) is 1.59. The number of amides is 3. The first kappa shape index (κ1) is 21.2. The van der Waals surface area contributed by atoms with Crippen molar-refractivity contribution in [2.75, 3.05) is 12.0 Å². The van der Waals surface area contributed by atoms with Crippen LogP contribution in [0.25, 0.3) is 0 Å². The Morgan fingerprint density at radius 3 is 2.22 bits per heavy atom. The molecular weight excluding hydrogens is 324 g/mol. The molecule has 0 bridgehead atoms. The highest BCUT2D eigenvalue weighted by molar-refractivity contribution is 7.98. The maximum absolute atomic E-state index is 12.1. The van der Waals surface area contributed by atoms with E-state index in [1.807, 2.05) is 6.26 Å². The van der Waals surface area contributed by atoms with Crippen LogP contribution in [0.2, 0.25) is 0 Å². The van der Waals surface area contributed by atoms with Gasteiger partial charge in [0.1, 0.15) is 12.1 Å². The van der Waals surface area contributed by atoms with Gasteiger partial charge in [-0.25, -0.2) is 0 Å². The molecule has 132 valence electrons. The summed E-state index contributed by atoms with van der Waals surface area (Å²) in [6.45, 7) is 1.29. The smallest absolute Gasteiger partial charge is 0.325 e. The summed E-state index contributed by atoms with van der Waals surface area (Å²) in [5, 5.41) is 13.5. The molecule has 0 aromatic heterocycles. The summed E-state index contributed by atoms with van der Waals surface area (Å²) in [7, 11) is 0. The highest BCUT2D eigenvalue weighted by Gasteiger charge is 2.26. The first-order valence-electron chi connectivity index (χ1n) is 7.05. The third kappa shape index (κ3) is 9.04. The van der Waals surface area contributed by atoms with Gasteiger partial charge in [-0.05, 0) is 31.8 Å². The Hall–Kier alpha value is -1.81. The fourth-order valence-corrected chi connectivity index (χ4v) is 2.08. The van der Waals surface area contributed by atoms with Gasteiger partial charge >= 0.3 is 5.97 Å². The van der Waals surface area contributed by atoms with Crippen molar-refractivity contribution in [1.82, 2.24) is 10.6 Å². The number of nitrogens with two attached hydrogens (primary N) is 2. The molecule has 3 unspecified atom stereocenters. The molecule has 23 heavy (non-hydrogen) atoms. The Morgan fingerprint density at radius 1 is 1.13 bits per heavy atom. The van der Waals surface area contributed by atoms with Gasteiger partial charge in [0.05, 0.1) is 6.04 Å². The van der Waals surface area contributed by atoms with E-state index in [0.29, 0.717) is 12.2 Å². The van der Waals surface area contributed by atoms with Crippen molar-refractivity contribution in [2.45, 2.75) is 44.3 Å². The molecule has 0 aliphatic heterocycles. The lowest BCUT2D eigenvalue weighted by Gasteiger charge is -2.21. The number of thioether (sulfide) groups is 1. The monoisotopic (exact) mass is 348 g/mol. The van der Waals surface area contributed by atoms with Gasteiger partial charge in [-0.2, -0.15) is 11.8 Å². The van der Waals surface area contributed by atoms with Crippen LogP contribution in [0.5, 0.6) is 0 Å². The van der Waals surface area contributed by atoms with Crippen molar-refractivity contribution in [2.24, 2.45) is 11.5 Å². The first-order valence-corrected chi connectivity index (χ1v) is 8.44. The number of rotatable bonds is 11. The molecular formula is C13H24N4O5S. The summed E-state index contributed by atoms with van der Waals surface area (Å²) in [5.41, 5.74) is 10.8. The number of hydrogen-bond donors (Lipinski definition) is 5. The number of primary amides is 1. The van der Waals surface area contributed by atoms with E-state index in [0.717, 1.165) is 0 Å². The summed E-state index contributed by atoms with van der Waals surface area (Å²) in [6.07, 6.45) is 2.15. The van der Waals surface area contributed by atoms with Crippen molar-refractivity contribution in [3.63, 3.8) is 0 Å². The zero-order valence-corrected chi connectivity index (χ0v) is 14.0. The molecule has 0 radical (unpaired) electrons. The van der Waals surface area contributed by atoms with Crippen LogP contribution in [-0.4, -0.2) is 58.9 Å². The van der Waals surface area contributed by atoms with Crippen LogP contribution in [0.1, 0.15) is 26.2 Å². The molecule has 0 rings (SSSR count). The molecule has 0 aromatic carbocycles. The van der Waals surface area contributed by atoms with Crippen LogP contribution in [0.15, 0.2) is 0 Å². The molecule has 0 aliphatic rings. The van der Waals surface area contributed by atoms with Crippen molar-refractivity contribution in [1.29, 1.82) is 0 Å². The number of nitrogens with one attached hydrogen (secondary N) is 2. The van der Waals surface area contributed by atoms with Gasteiger partial charge in [-0.15, -0.1) is 0 Å². The van der Waals surface area contributed by atoms with E-state index in [9.17, 15) is 19.2 Å².